The third-order valence-electron chi connectivity index (χ3n) is 3.90. The number of aliphatic hydroxyl groups is 1. The maximum atomic E-state index is 10.3. The smallest absolute Gasteiger partial charge is 0.107 e. The summed E-state index contributed by atoms with van der Waals surface area (Å²) >= 11 is 0. The maximum Gasteiger partial charge on any atom is 0.107 e. The van der Waals surface area contributed by atoms with Crippen LogP contribution in [0.4, 0.5) is 5.69 Å². The second-order valence-corrected chi connectivity index (χ2v) is 5.65. The Morgan fingerprint density at radius 1 is 1.35 bits per heavy atom. The van der Waals surface area contributed by atoms with E-state index in [1.807, 2.05) is 32.2 Å². The Kier molecular flexibility index (Phi) is 6.30. The molecule has 3 rings (SSSR count). The highest BCUT2D eigenvalue weighted by Crippen LogP contribution is 2.25. The summed E-state index contributed by atoms with van der Waals surface area (Å²) in [5.41, 5.74) is 2.11. The van der Waals surface area contributed by atoms with Crippen molar-refractivity contribution in [3.63, 3.8) is 0 Å². The lowest BCUT2D eigenvalue weighted by molar-refractivity contribution is 0.0382. The van der Waals surface area contributed by atoms with Crippen molar-refractivity contribution < 1.29 is 9.84 Å². The van der Waals surface area contributed by atoms with Crippen LogP contribution in [0.5, 0.6) is 0 Å². The second-order valence-electron chi connectivity index (χ2n) is 5.65. The largest absolute Gasteiger partial charge is 0.386 e. The fourth-order valence-corrected chi connectivity index (χ4v) is 2.68. The second kappa shape index (κ2) is 8.22. The van der Waals surface area contributed by atoms with Gasteiger partial charge in [0.2, 0.25) is 0 Å². The first-order valence-electron chi connectivity index (χ1n) is 8.48. The molecule has 5 nitrogen and oxygen atoms in total. The van der Waals surface area contributed by atoms with Crippen molar-refractivity contribution >= 4 is 16.6 Å². The van der Waals surface area contributed by atoms with Crippen molar-refractivity contribution in [2.24, 2.45) is 0 Å². The average Bonchev–Trinajstić information content (AvgIpc) is 3.03. The highest BCUT2D eigenvalue weighted by molar-refractivity contribution is 5.92. The molecule has 126 valence electrons. The van der Waals surface area contributed by atoms with Gasteiger partial charge >= 0.3 is 0 Å². The number of ether oxygens (including phenoxy) is 1. The number of aryl methyl sites for hydroxylation is 1. The Labute approximate surface area is 138 Å². The Bertz CT molecular complexity index is 625. The van der Waals surface area contributed by atoms with Gasteiger partial charge in [-0.3, -0.25) is 9.97 Å². The molecule has 1 atom stereocenters. The fraction of sp³-hybridized carbons (Fsp3) is 0.556. The van der Waals surface area contributed by atoms with E-state index in [4.69, 9.17) is 4.74 Å². The number of anilines is 1. The minimum Gasteiger partial charge on any atom is -0.386 e. The topological polar surface area (TPSA) is 67.3 Å². The van der Waals surface area contributed by atoms with E-state index in [1.54, 1.807) is 6.20 Å². The Balaban J connectivity index is 0.000000924. The van der Waals surface area contributed by atoms with Gasteiger partial charge in [0.05, 0.1) is 29.7 Å². The predicted molar refractivity (Wildman–Crippen MR) is 93.8 cm³/mol. The number of aromatic nitrogens is 2. The highest BCUT2D eigenvalue weighted by atomic mass is 16.5. The first-order chi connectivity index (χ1) is 11.2. The van der Waals surface area contributed by atoms with Crippen LogP contribution in [-0.4, -0.2) is 40.4 Å². The van der Waals surface area contributed by atoms with E-state index in [1.165, 1.54) is 0 Å². The summed E-state index contributed by atoms with van der Waals surface area (Å²) in [7, 11) is 0. The summed E-state index contributed by atoms with van der Waals surface area (Å²) in [6.45, 7) is 7.61. The van der Waals surface area contributed by atoms with Crippen molar-refractivity contribution in [1.82, 2.24) is 9.97 Å². The number of hydrogen-bond donors (Lipinski definition) is 2. The minimum absolute atomic E-state index is 0.386. The van der Waals surface area contributed by atoms with Gasteiger partial charge in [-0.1, -0.05) is 27.2 Å². The maximum absolute atomic E-state index is 10.3. The van der Waals surface area contributed by atoms with Crippen LogP contribution < -0.4 is 5.32 Å². The van der Waals surface area contributed by atoms with Gasteiger partial charge in [0.1, 0.15) is 5.60 Å². The summed E-state index contributed by atoms with van der Waals surface area (Å²) in [5, 5.41) is 14.7. The summed E-state index contributed by atoms with van der Waals surface area (Å²) in [4.78, 5) is 8.99. The molecule has 1 fully saturated rings. The molecule has 0 aliphatic carbocycles. The lowest BCUT2D eigenvalue weighted by atomic mass is 10.0. The van der Waals surface area contributed by atoms with Crippen molar-refractivity contribution in [1.29, 1.82) is 0 Å². The number of nitrogens with one attached hydrogen (secondary N) is 1. The van der Waals surface area contributed by atoms with Crippen molar-refractivity contribution in [3.8, 4) is 0 Å². The predicted octanol–water partition coefficient (Wildman–Crippen LogP) is 3.17. The van der Waals surface area contributed by atoms with E-state index < -0.39 is 5.60 Å². The van der Waals surface area contributed by atoms with Crippen LogP contribution in [0.3, 0.4) is 0 Å². The number of nitrogens with zero attached hydrogens (tertiary/aromatic N) is 2. The monoisotopic (exact) mass is 317 g/mol. The Morgan fingerprint density at radius 2 is 2.17 bits per heavy atom. The van der Waals surface area contributed by atoms with E-state index in [-0.39, 0.29) is 0 Å². The van der Waals surface area contributed by atoms with Gasteiger partial charge in [-0.15, -0.1) is 0 Å². The van der Waals surface area contributed by atoms with E-state index in [0.717, 1.165) is 35.1 Å². The first-order valence-corrected chi connectivity index (χ1v) is 8.48. The van der Waals surface area contributed by atoms with Gasteiger partial charge in [0.15, 0.2) is 0 Å². The zero-order valence-corrected chi connectivity index (χ0v) is 14.3. The molecule has 0 amide bonds. The molecule has 23 heavy (non-hydrogen) atoms. The molecule has 2 N–H and O–H groups in total. The zero-order valence-electron chi connectivity index (χ0n) is 14.3. The van der Waals surface area contributed by atoms with Crippen LogP contribution in [0, 0.1) is 0 Å². The average molecular weight is 317 g/mol. The third kappa shape index (κ3) is 4.18. The molecular weight excluding hydrogens is 290 g/mol. The molecule has 1 aliphatic rings. The van der Waals surface area contributed by atoms with Crippen molar-refractivity contribution in [2.75, 3.05) is 25.1 Å². The molecule has 0 radical (unpaired) electrons. The van der Waals surface area contributed by atoms with Gasteiger partial charge in [-0.05, 0) is 18.6 Å². The molecule has 1 unspecified atom stereocenters. The Hall–Kier alpha value is -1.72. The number of fused-ring (bicyclic) bond motifs is 1. The molecule has 2 aromatic rings. The lowest BCUT2D eigenvalue weighted by Gasteiger charge is -2.22. The van der Waals surface area contributed by atoms with Crippen LogP contribution in [0.25, 0.3) is 10.9 Å². The summed E-state index contributed by atoms with van der Waals surface area (Å²) < 4.78 is 5.27. The molecule has 1 aliphatic heterocycles. The summed E-state index contributed by atoms with van der Waals surface area (Å²) in [6, 6.07) is 3.97. The normalized spacial score (nSPS) is 20.2. The van der Waals surface area contributed by atoms with Gasteiger partial charge in [0, 0.05) is 31.2 Å². The minimum atomic E-state index is -0.781. The number of rotatable bonds is 5. The van der Waals surface area contributed by atoms with E-state index in [9.17, 15) is 5.11 Å². The highest BCUT2D eigenvalue weighted by Gasteiger charge is 2.32. The van der Waals surface area contributed by atoms with E-state index >= 15 is 0 Å². The van der Waals surface area contributed by atoms with Crippen LogP contribution >= 0.6 is 0 Å². The van der Waals surface area contributed by atoms with Crippen molar-refractivity contribution in [3.05, 3.63) is 30.2 Å². The molecule has 2 aromatic heterocycles. The van der Waals surface area contributed by atoms with Gasteiger partial charge in [0.25, 0.3) is 0 Å². The SMILES string of the molecule is CC.CCCc1ncc(NCC2(O)CCOC2)c2cccnc12. The fourth-order valence-electron chi connectivity index (χ4n) is 2.68. The summed E-state index contributed by atoms with van der Waals surface area (Å²) in [5.74, 6) is 0. The van der Waals surface area contributed by atoms with Crippen LogP contribution in [0.2, 0.25) is 0 Å². The lowest BCUT2D eigenvalue weighted by Crippen LogP contribution is -2.37. The van der Waals surface area contributed by atoms with Gasteiger partial charge < -0.3 is 15.2 Å². The third-order valence-corrected chi connectivity index (χ3v) is 3.90. The van der Waals surface area contributed by atoms with E-state index in [2.05, 4.69) is 22.2 Å². The Morgan fingerprint density at radius 3 is 2.87 bits per heavy atom. The van der Waals surface area contributed by atoms with Crippen molar-refractivity contribution in [2.45, 2.75) is 45.6 Å². The quantitative estimate of drug-likeness (QED) is 0.886. The molecule has 0 saturated carbocycles. The molecule has 0 bridgehead atoms. The molecule has 3 heterocycles. The number of hydrogen-bond acceptors (Lipinski definition) is 5. The first kappa shape index (κ1) is 17.6. The zero-order chi connectivity index (χ0) is 16.7. The molecule has 1 saturated heterocycles. The summed E-state index contributed by atoms with van der Waals surface area (Å²) in [6.07, 6.45) is 6.27. The molecular formula is C18H27N3O2. The standard InChI is InChI=1S/C16H21N3O2.C2H6/c1-2-4-13-15-12(5-3-7-17-15)14(9-18-13)19-10-16(20)6-8-21-11-16;1-2/h3,5,7,9,19-20H,2,4,6,8,10-11H2,1H3;1-2H3. The number of pyridine rings is 2. The van der Waals surface area contributed by atoms with Gasteiger partial charge in [-0.25, -0.2) is 0 Å². The van der Waals surface area contributed by atoms with Crippen LogP contribution in [0.1, 0.15) is 39.3 Å². The van der Waals surface area contributed by atoms with Gasteiger partial charge in [-0.2, -0.15) is 0 Å². The molecule has 0 aromatic carbocycles. The van der Waals surface area contributed by atoms with E-state index in [0.29, 0.717) is 26.2 Å². The molecule has 0 spiro atoms. The van der Waals surface area contributed by atoms with Crippen LogP contribution in [0.15, 0.2) is 24.5 Å². The molecule has 5 heteroatoms. The van der Waals surface area contributed by atoms with Crippen LogP contribution in [-0.2, 0) is 11.2 Å².